The number of rotatable bonds is 1. The predicted octanol–water partition coefficient (Wildman–Crippen LogP) is -0.441. The summed E-state index contributed by atoms with van der Waals surface area (Å²) >= 11 is 0. The van der Waals surface area contributed by atoms with Gasteiger partial charge in [-0.1, -0.05) is 0 Å². The van der Waals surface area contributed by atoms with E-state index in [2.05, 4.69) is 15.5 Å². The van der Waals surface area contributed by atoms with Crippen molar-refractivity contribution in [2.24, 2.45) is 0 Å². The first-order valence-corrected chi connectivity index (χ1v) is 5.53. The van der Waals surface area contributed by atoms with E-state index < -0.39 is 0 Å². The first-order valence-electron chi connectivity index (χ1n) is 5.53. The molecule has 0 radical (unpaired) electrons. The molecule has 0 aromatic heterocycles. The van der Waals surface area contributed by atoms with Gasteiger partial charge in [-0.15, -0.1) is 0 Å². The molecule has 80 valence electrons. The Hall–Kier alpha value is -0.610. The highest BCUT2D eigenvalue weighted by atomic mass is 16.2. The zero-order valence-electron chi connectivity index (χ0n) is 8.75. The van der Waals surface area contributed by atoms with E-state index in [1.165, 1.54) is 12.8 Å². The molecule has 14 heavy (non-hydrogen) atoms. The van der Waals surface area contributed by atoms with Crippen molar-refractivity contribution in [2.45, 2.75) is 31.8 Å². The van der Waals surface area contributed by atoms with Gasteiger partial charge in [0.2, 0.25) is 5.91 Å². The highest BCUT2D eigenvalue weighted by Gasteiger charge is 2.31. The molecular weight excluding hydrogens is 178 g/mol. The monoisotopic (exact) mass is 197 g/mol. The maximum absolute atomic E-state index is 11.5. The van der Waals surface area contributed by atoms with Crippen molar-refractivity contribution < 1.29 is 4.79 Å². The van der Waals surface area contributed by atoms with Crippen LogP contribution in [0.15, 0.2) is 0 Å². The lowest BCUT2D eigenvalue weighted by atomic mass is 10.0. The van der Waals surface area contributed by atoms with Gasteiger partial charge in [-0.3, -0.25) is 9.69 Å². The molecular formula is C10H19N3O. The number of amides is 1. The molecule has 0 spiro atoms. The first-order chi connectivity index (χ1) is 6.79. The Morgan fingerprint density at radius 2 is 2.00 bits per heavy atom. The summed E-state index contributed by atoms with van der Waals surface area (Å²) in [6, 6.07) is 0.671. The number of carbonyl (C=O) groups is 1. The average Bonchev–Trinajstić information content (AvgIpc) is 2.23. The van der Waals surface area contributed by atoms with Gasteiger partial charge < -0.3 is 10.6 Å². The SMILES string of the molecule is CC1C(=O)NCCN1C1CCNCC1. The molecule has 2 N–H and O–H groups in total. The lowest BCUT2D eigenvalue weighted by molar-refractivity contribution is -0.129. The van der Waals surface area contributed by atoms with Gasteiger partial charge in [0.25, 0.3) is 0 Å². The second kappa shape index (κ2) is 4.28. The quantitative estimate of drug-likeness (QED) is 0.599. The molecule has 2 rings (SSSR count). The first kappa shape index (κ1) is 9.93. The average molecular weight is 197 g/mol. The minimum Gasteiger partial charge on any atom is -0.353 e. The third-order valence-electron chi connectivity index (χ3n) is 3.32. The minimum absolute atomic E-state index is 0.0619. The molecule has 2 fully saturated rings. The topological polar surface area (TPSA) is 44.4 Å². The van der Waals surface area contributed by atoms with Crippen LogP contribution in [0.5, 0.6) is 0 Å². The Morgan fingerprint density at radius 1 is 1.29 bits per heavy atom. The summed E-state index contributed by atoms with van der Waals surface area (Å²) in [4.78, 5) is 13.8. The number of carbonyl (C=O) groups excluding carboxylic acids is 1. The number of piperidine rings is 1. The molecule has 2 saturated heterocycles. The minimum atomic E-state index is 0.0619. The van der Waals surface area contributed by atoms with E-state index in [1.54, 1.807) is 0 Å². The van der Waals surface area contributed by atoms with Crippen LogP contribution >= 0.6 is 0 Å². The van der Waals surface area contributed by atoms with Gasteiger partial charge in [0.1, 0.15) is 0 Å². The Labute approximate surface area is 85.0 Å². The van der Waals surface area contributed by atoms with Crippen LogP contribution in [0.2, 0.25) is 0 Å². The highest BCUT2D eigenvalue weighted by molar-refractivity contribution is 5.82. The molecule has 1 amide bonds. The number of nitrogens with zero attached hydrogens (tertiary/aromatic N) is 1. The summed E-state index contributed by atoms with van der Waals surface area (Å²) in [5, 5.41) is 6.26. The zero-order chi connectivity index (χ0) is 9.97. The van der Waals surface area contributed by atoms with Crippen molar-refractivity contribution in [3.63, 3.8) is 0 Å². The van der Waals surface area contributed by atoms with Crippen LogP contribution in [-0.2, 0) is 4.79 Å². The van der Waals surface area contributed by atoms with E-state index in [-0.39, 0.29) is 11.9 Å². The van der Waals surface area contributed by atoms with E-state index in [9.17, 15) is 4.79 Å². The lowest BCUT2D eigenvalue weighted by Gasteiger charge is -2.40. The number of nitrogens with one attached hydrogen (secondary N) is 2. The molecule has 0 bridgehead atoms. The van der Waals surface area contributed by atoms with E-state index in [1.807, 2.05) is 6.92 Å². The molecule has 2 aliphatic heterocycles. The van der Waals surface area contributed by atoms with Gasteiger partial charge >= 0.3 is 0 Å². The van der Waals surface area contributed by atoms with E-state index in [0.29, 0.717) is 6.04 Å². The Balaban J connectivity index is 1.97. The predicted molar refractivity (Wildman–Crippen MR) is 55.1 cm³/mol. The van der Waals surface area contributed by atoms with Crippen molar-refractivity contribution in [1.82, 2.24) is 15.5 Å². The molecule has 0 aromatic carbocycles. The maximum Gasteiger partial charge on any atom is 0.237 e. The molecule has 1 atom stereocenters. The van der Waals surface area contributed by atoms with Crippen LogP contribution < -0.4 is 10.6 Å². The number of piperazine rings is 1. The molecule has 0 aromatic rings. The van der Waals surface area contributed by atoms with Crippen LogP contribution in [-0.4, -0.2) is 49.1 Å². The van der Waals surface area contributed by atoms with Crippen LogP contribution in [0.1, 0.15) is 19.8 Å². The van der Waals surface area contributed by atoms with Gasteiger partial charge in [-0.05, 0) is 32.9 Å². The Kier molecular flexibility index (Phi) is 3.03. The van der Waals surface area contributed by atoms with Gasteiger partial charge in [0.05, 0.1) is 6.04 Å². The van der Waals surface area contributed by atoms with Crippen LogP contribution in [0, 0.1) is 0 Å². The van der Waals surface area contributed by atoms with E-state index in [4.69, 9.17) is 0 Å². The van der Waals surface area contributed by atoms with Crippen molar-refractivity contribution >= 4 is 5.91 Å². The van der Waals surface area contributed by atoms with Crippen molar-refractivity contribution in [3.05, 3.63) is 0 Å². The van der Waals surface area contributed by atoms with E-state index >= 15 is 0 Å². The Morgan fingerprint density at radius 3 is 2.71 bits per heavy atom. The summed E-state index contributed by atoms with van der Waals surface area (Å²) in [6.45, 7) is 6.02. The second-order valence-electron chi connectivity index (χ2n) is 4.19. The van der Waals surface area contributed by atoms with E-state index in [0.717, 1.165) is 26.2 Å². The lowest BCUT2D eigenvalue weighted by Crippen LogP contribution is -2.58. The molecule has 4 nitrogen and oxygen atoms in total. The summed E-state index contributed by atoms with van der Waals surface area (Å²) in [5.74, 6) is 0.190. The van der Waals surface area contributed by atoms with Gasteiger partial charge in [-0.2, -0.15) is 0 Å². The second-order valence-corrected chi connectivity index (χ2v) is 4.19. The molecule has 2 aliphatic rings. The van der Waals surface area contributed by atoms with Gasteiger partial charge in [0.15, 0.2) is 0 Å². The fourth-order valence-electron chi connectivity index (χ4n) is 2.44. The molecule has 1 unspecified atom stereocenters. The van der Waals surface area contributed by atoms with Crippen LogP contribution in [0.4, 0.5) is 0 Å². The van der Waals surface area contributed by atoms with Crippen molar-refractivity contribution in [2.75, 3.05) is 26.2 Å². The standard InChI is InChI=1S/C10H19N3O/c1-8-10(14)12-6-7-13(8)9-2-4-11-5-3-9/h8-9,11H,2-7H2,1H3,(H,12,14). The fraction of sp³-hybridized carbons (Fsp3) is 0.900. The zero-order valence-corrected chi connectivity index (χ0v) is 8.75. The van der Waals surface area contributed by atoms with Gasteiger partial charge in [-0.25, -0.2) is 0 Å². The summed E-state index contributed by atoms with van der Waals surface area (Å²) in [6.07, 6.45) is 2.36. The molecule has 0 aliphatic carbocycles. The smallest absolute Gasteiger partial charge is 0.237 e. The highest BCUT2D eigenvalue weighted by Crippen LogP contribution is 2.16. The summed E-state index contributed by atoms with van der Waals surface area (Å²) < 4.78 is 0. The molecule has 2 heterocycles. The Bertz CT molecular complexity index is 213. The third kappa shape index (κ3) is 1.91. The largest absolute Gasteiger partial charge is 0.353 e. The maximum atomic E-state index is 11.5. The molecule has 0 saturated carbocycles. The van der Waals surface area contributed by atoms with Crippen molar-refractivity contribution in [3.8, 4) is 0 Å². The molecule has 4 heteroatoms. The van der Waals surface area contributed by atoms with Crippen molar-refractivity contribution in [1.29, 1.82) is 0 Å². The fourth-order valence-corrected chi connectivity index (χ4v) is 2.44. The van der Waals surface area contributed by atoms with Gasteiger partial charge in [0, 0.05) is 19.1 Å². The van der Waals surface area contributed by atoms with Crippen LogP contribution in [0.25, 0.3) is 0 Å². The summed E-state index contributed by atoms with van der Waals surface area (Å²) in [7, 11) is 0. The number of hydrogen-bond acceptors (Lipinski definition) is 3. The van der Waals surface area contributed by atoms with Crippen LogP contribution in [0.3, 0.4) is 0 Å². The third-order valence-corrected chi connectivity index (χ3v) is 3.32. The normalized spacial score (nSPS) is 31.5. The summed E-state index contributed by atoms with van der Waals surface area (Å²) in [5.41, 5.74) is 0. The number of hydrogen-bond donors (Lipinski definition) is 2.